The molecule has 0 heterocycles. The molecule has 0 saturated heterocycles. The molecular formula is C16H22N2S. The van der Waals surface area contributed by atoms with Gasteiger partial charge in [-0.1, -0.05) is 44.2 Å². The average Bonchev–Trinajstić information content (AvgIpc) is 3.28. The molecule has 19 heavy (non-hydrogen) atoms. The molecule has 1 N–H and O–H groups in total. The molecule has 1 fully saturated rings. The quantitative estimate of drug-likeness (QED) is 0.823. The molecule has 3 heteroatoms. The summed E-state index contributed by atoms with van der Waals surface area (Å²) in [7, 11) is 0. The molecule has 102 valence electrons. The molecule has 2 rings (SSSR count). The van der Waals surface area contributed by atoms with Gasteiger partial charge in [-0.25, -0.2) is 0 Å². The van der Waals surface area contributed by atoms with Crippen LogP contribution in [0.3, 0.4) is 0 Å². The Bertz CT molecular complexity index is 436. The lowest BCUT2D eigenvalue weighted by atomic mass is 9.93. The summed E-state index contributed by atoms with van der Waals surface area (Å²) < 4.78 is 0. The molecule has 0 spiro atoms. The first-order chi connectivity index (χ1) is 9.20. The van der Waals surface area contributed by atoms with Gasteiger partial charge in [0.05, 0.1) is 6.07 Å². The van der Waals surface area contributed by atoms with Crippen LogP contribution >= 0.6 is 11.8 Å². The van der Waals surface area contributed by atoms with Gasteiger partial charge in [-0.3, -0.25) is 5.32 Å². The Morgan fingerprint density at radius 2 is 2.11 bits per heavy atom. The maximum Gasteiger partial charge on any atom is 0.141 e. The van der Waals surface area contributed by atoms with Crippen molar-refractivity contribution in [3.8, 4) is 6.07 Å². The lowest BCUT2D eigenvalue weighted by Crippen LogP contribution is -2.45. The Hall–Kier alpha value is -0.980. The normalized spacial score (nSPS) is 19.4. The van der Waals surface area contributed by atoms with Crippen molar-refractivity contribution in [3.63, 3.8) is 0 Å². The van der Waals surface area contributed by atoms with Gasteiger partial charge in [-0.05, 0) is 24.8 Å². The molecule has 1 aliphatic carbocycles. The monoisotopic (exact) mass is 274 g/mol. The molecule has 1 aliphatic rings. The van der Waals surface area contributed by atoms with E-state index in [0.29, 0.717) is 11.3 Å². The van der Waals surface area contributed by atoms with Gasteiger partial charge in [0.25, 0.3) is 0 Å². The predicted molar refractivity (Wildman–Crippen MR) is 82.1 cm³/mol. The zero-order valence-electron chi connectivity index (χ0n) is 11.7. The van der Waals surface area contributed by atoms with E-state index < -0.39 is 5.54 Å². The van der Waals surface area contributed by atoms with Crippen molar-refractivity contribution < 1.29 is 0 Å². The maximum atomic E-state index is 9.77. The molecule has 1 aromatic rings. The van der Waals surface area contributed by atoms with Gasteiger partial charge in [-0.15, -0.1) is 0 Å². The van der Waals surface area contributed by atoms with E-state index in [4.69, 9.17) is 0 Å². The van der Waals surface area contributed by atoms with E-state index in [9.17, 15) is 5.26 Å². The number of nitrogens with zero attached hydrogens (tertiary/aromatic N) is 1. The number of nitrogens with one attached hydrogen (secondary N) is 1. The van der Waals surface area contributed by atoms with Gasteiger partial charge in [0.1, 0.15) is 5.54 Å². The molecule has 0 radical (unpaired) electrons. The molecule has 0 bridgehead atoms. The summed E-state index contributed by atoms with van der Waals surface area (Å²) in [6.45, 7) is 4.43. The Morgan fingerprint density at radius 3 is 2.63 bits per heavy atom. The molecule has 1 saturated carbocycles. The molecular weight excluding hydrogens is 252 g/mol. The van der Waals surface area contributed by atoms with E-state index in [2.05, 4.69) is 37.4 Å². The van der Waals surface area contributed by atoms with Crippen molar-refractivity contribution in [1.82, 2.24) is 5.32 Å². The SMILES string of the molecule is CCC(C)SCC(C#N)(NC1CC1)c1ccccc1. The molecule has 0 aromatic heterocycles. The standard InChI is InChI=1S/C16H22N2S/c1-3-13(2)19-12-16(11-17,18-15-9-10-15)14-7-5-4-6-8-14/h4-8,13,15,18H,3,9-10,12H2,1-2H3. The zero-order valence-corrected chi connectivity index (χ0v) is 12.5. The summed E-state index contributed by atoms with van der Waals surface area (Å²) in [5.41, 5.74) is 0.566. The molecule has 0 amide bonds. The second-order valence-electron chi connectivity index (χ2n) is 5.33. The van der Waals surface area contributed by atoms with Crippen molar-refractivity contribution in [2.45, 2.75) is 49.9 Å². The first-order valence-corrected chi connectivity index (χ1v) is 8.11. The number of rotatable bonds is 7. The van der Waals surface area contributed by atoms with Gasteiger partial charge in [-0.2, -0.15) is 17.0 Å². The number of nitriles is 1. The smallest absolute Gasteiger partial charge is 0.141 e. The highest BCUT2D eigenvalue weighted by molar-refractivity contribution is 7.99. The molecule has 2 unspecified atom stereocenters. The maximum absolute atomic E-state index is 9.77. The first-order valence-electron chi connectivity index (χ1n) is 7.06. The van der Waals surface area contributed by atoms with Crippen LogP contribution in [-0.2, 0) is 5.54 Å². The third kappa shape index (κ3) is 3.75. The van der Waals surface area contributed by atoms with Crippen molar-refractivity contribution in [2.75, 3.05) is 5.75 Å². The minimum Gasteiger partial charge on any atom is -0.292 e. The number of benzene rings is 1. The van der Waals surface area contributed by atoms with E-state index in [0.717, 1.165) is 17.7 Å². The Kier molecular flexibility index (Phi) is 4.90. The summed E-state index contributed by atoms with van der Waals surface area (Å²) in [5, 5.41) is 13.9. The Labute approximate surface area is 120 Å². The summed E-state index contributed by atoms with van der Waals surface area (Å²) in [6.07, 6.45) is 3.54. The summed E-state index contributed by atoms with van der Waals surface area (Å²) >= 11 is 1.89. The van der Waals surface area contributed by atoms with Crippen LogP contribution in [0.15, 0.2) is 30.3 Å². The third-order valence-electron chi connectivity index (χ3n) is 3.64. The van der Waals surface area contributed by atoms with E-state index in [-0.39, 0.29) is 0 Å². The summed E-state index contributed by atoms with van der Waals surface area (Å²) in [6, 6.07) is 13.2. The Balaban J connectivity index is 2.18. The van der Waals surface area contributed by atoms with Crippen LogP contribution in [0.2, 0.25) is 0 Å². The Morgan fingerprint density at radius 1 is 1.42 bits per heavy atom. The molecule has 1 aromatic carbocycles. The van der Waals surface area contributed by atoms with E-state index in [1.54, 1.807) is 0 Å². The highest BCUT2D eigenvalue weighted by Gasteiger charge is 2.38. The number of thioether (sulfide) groups is 1. The summed E-state index contributed by atoms with van der Waals surface area (Å²) in [4.78, 5) is 0. The lowest BCUT2D eigenvalue weighted by molar-refractivity contribution is 0.469. The van der Waals surface area contributed by atoms with Crippen LogP contribution in [0.1, 0.15) is 38.7 Å². The second kappa shape index (κ2) is 6.45. The number of hydrogen-bond acceptors (Lipinski definition) is 3. The largest absolute Gasteiger partial charge is 0.292 e. The number of hydrogen-bond donors (Lipinski definition) is 1. The van der Waals surface area contributed by atoms with E-state index in [1.165, 1.54) is 12.8 Å². The van der Waals surface area contributed by atoms with Gasteiger partial charge in [0.15, 0.2) is 0 Å². The topological polar surface area (TPSA) is 35.8 Å². The van der Waals surface area contributed by atoms with Crippen LogP contribution in [0.25, 0.3) is 0 Å². The van der Waals surface area contributed by atoms with E-state index in [1.807, 2.05) is 30.0 Å². The van der Waals surface area contributed by atoms with Crippen molar-refractivity contribution in [3.05, 3.63) is 35.9 Å². The van der Waals surface area contributed by atoms with Crippen molar-refractivity contribution >= 4 is 11.8 Å². The van der Waals surface area contributed by atoms with E-state index >= 15 is 0 Å². The lowest BCUT2D eigenvalue weighted by Gasteiger charge is -2.29. The fraction of sp³-hybridized carbons (Fsp3) is 0.562. The fourth-order valence-electron chi connectivity index (χ4n) is 2.02. The van der Waals surface area contributed by atoms with Crippen LogP contribution in [-0.4, -0.2) is 17.0 Å². The van der Waals surface area contributed by atoms with Crippen molar-refractivity contribution in [2.24, 2.45) is 0 Å². The molecule has 0 aliphatic heterocycles. The summed E-state index contributed by atoms with van der Waals surface area (Å²) in [5.74, 6) is 0.818. The third-order valence-corrected chi connectivity index (χ3v) is 5.15. The van der Waals surface area contributed by atoms with Gasteiger partial charge in [0, 0.05) is 17.0 Å². The van der Waals surface area contributed by atoms with Crippen LogP contribution in [0.5, 0.6) is 0 Å². The highest BCUT2D eigenvalue weighted by Crippen LogP contribution is 2.32. The van der Waals surface area contributed by atoms with Gasteiger partial charge < -0.3 is 0 Å². The molecule has 2 nitrogen and oxygen atoms in total. The first kappa shape index (κ1) is 14.4. The second-order valence-corrected chi connectivity index (χ2v) is 6.76. The molecule has 2 atom stereocenters. The van der Waals surface area contributed by atoms with Crippen LogP contribution in [0, 0.1) is 11.3 Å². The minimum absolute atomic E-state index is 0.525. The fourth-order valence-corrected chi connectivity index (χ4v) is 3.11. The predicted octanol–water partition coefficient (Wildman–Crippen LogP) is 3.69. The highest BCUT2D eigenvalue weighted by atomic mass is 32.2. The van der Waals surface area contributed by atoms with Gasteiger partial charge >= 0.3 is 0 Å². The van der Waals surface area contributed by atoms with Crippen molar-refractivity contribution in [1.29, 1.82) is 5.26 Å². The van der Waals surface area contributed by atoms with Crippen LogP contribution in [0.4, 0.5) is 0 Å². The van der Waals surface area contributed by atoms with Gasteiger partial charge in [0.2, 0.25) is 0 Å². The zero-order chi connectivity index (χ0) is 13.7. The average molecular weight is 274 g/mol. The minimum atomic E-state index is -0.531. The van der Waals surface area contributed by atoms with Crippen LogP contribution < -0.4 is 5.32 Å².